The summed E-state index contributed by atoms with van der Waals surface area (Å²) in [5.41, 5.74) is 1.05. The van der Waals surface area contributed by atoms with Crippen molar-refractivity contribution in [3.8, 4) is 0 Å². The van der Waals surface area contributed by atoms with Crippen LogP contribution in [-0.2, 0) is 17.6 Å². The number of hydrogen-bond donors (Lipinski definition) is 2. The molecule has 1 aromatic heterocycles. The average Bonchev–Trinajstić information content (AvgIpc) is 3.36. The Hall–Kier alpha value is -1.43. The van der Waals surface area contributed by atoms with Gasteiger partial charge in [0, 0.05) is 29.3 Å². The molecule has 0 saturated heterocycles. The summed E-state index contributed by atoms with van der Waals surface area (Å²) in [7, 11) is 0. The number of hydrogen-bond acceptors (Lipinski definition) is 4. The topological polar surface area (TPSA) is 71.1 Å². The van der Waals surface area contributed by atoms with Crippen molar-refractivity contribution in [2.75, 3.05) is 0 Å². The zero-order valence-corrected chi connectivity index (χ0v) is 12.7. The van der Waals surface area contributed by atoms with Gasteiger partial charge in [-0.2, -0.15) is 0 Å². The second-order valence-electron chi connectivity index (χ2n) is 6.36. The Balaban J connectivity index is 1.41. The van der Waals surface area contributed by atoms with Gasteiger partial charge in [-0.15, -0.1) is 11.3 Å². The molecule has 5 nitrogen and oxygen atoms in total. The average molecular weight is 305 g/mol. The maximum absolute atomic E-state index is 12.0. The molecule has 1 heterocycles. The van der Waals surface area contributed by atoms with E-state index in [2.05, 4.69) is 15.6 Å². The molecule has 2 amide bonds. The van der Waals surface area contributed by atoms with Crippen LogP contribution in [0.1, 0.15) is 52.5 Å². The number of rotatable bonds is 4. The number of fused-ring (bicyclic) bond motifs is 1. The van der Waals surface area contributed by atoms with E-state index in [-0.39, 0.29) is 23.8 Å². The molecule has 112 valence electrons. The lowest BCUT2D eigenvalue weighted by Gasteiger charge is -2.22. The fraction of sp³-hybridized carbons (Fsp3) is 0.667. The van der Waals surface area contributed by atoms with Crippen LogP contribution in [0.15, 0.2) is 0 Å². The molecule has 0 spiro atoms. The van der Waals surface area contributed by atoms with Crippen LogP contribution in [0.3, 0.4) is 0 Å². The number of nitrogens with zero attached hydrogens (tertiary/aromatic N) is 1. The van der Waals surface area contributed by atoms with Gasteiger partial charge in [0.15, 0.2) is 5.01 Å². The molecule has 3 aliphatic rings. The minimum Gasteiger partial charge on any atom is -0.353 e. The quantitative estimate of drug-likeness (QED) is 0.884. The summed E-state index contributed by atoms with van der Waals surface area (Å²) in [6.07, 6.45) is 6.86. The Kier molecular flexibility index (Phi) is 3.21. The van der Waals surface area contributed by atoms with E-state index in [1.807, 2.05) is 0 Å². The Labute approximate surface area is 127 Å². The molecular weight excluding hydrogens is 286 g/mol. The van der Waals surface area contributed by atoms with Crippen LogP contribution < -0.4 is 10.6 Å². The molecule has 0 aromatic carbocycles. The third kappa shape index (κ3) is 2.95. The first-order chi connectivity index (χ1) is 10.2. The van der Waals surface area contributed by atoms with E-state index in [1.54, 1.807) is 0 Å². The van der Waals surface area contributed by atoms with Crippen molar-refractivity contribution in [3.63, 3.8) is 0 Å². The predicted molar refractivity (Wildman–Crippen MR) is 79.3 cm³/mol. The SMILES string of the molecule is O=C(NC1CC1)c1nc2c(s1)C[C@@H](NC(=O)C1CC1)CC2. The number of nitrogens with one attached hydrogen (secondary N) is 2. The van der Waals surface area contributed by atoms with Gasteiger partial charge < -0.3 is 10.6 Å². The largest absolute Gasteiger partial charge is 0.353 e. The fourth-order valence-electron chi connectivity index (χ4n) is 2.73. The first kappa shape index (κ1) is 13.2. The highest BCUT2D eigenvalue weighted by Crippen LogP contribution is 2.31. The number of aromatic nitrogens is 1. The lowest BCUT2D eigenvalue weighted by atomic mass is 9.97. The van der Waals surface area contributed by atoms with Crippen LogP contribution in [-0.4, -0.2) is 28.9 Å². The molecule has 1 aromatic rings. The molecule has 0 aliphatic heterocycles. The summed E-state index contributed by atoms with van der Waals surface area (Å²) in [6, 6.07) is 0.578. The summed E-state index contributed by atoms with van der Waals surface area (Å²) in [5.74, 6) is 0.433. The van der Waals surface area contributed by atoms with E-state index in [9.17, 15) is 9.59 Å². The van der Waals surface area contributed by atoms with Crippen LogP contribution in [0.2, 0.25) is 0 Å². The van der Waals surface area contributed by atoms with Gasteiger partial charge in [0.1, 0.15) is 0 Å². The highest BCUT2D eigenvalue weighted by atomic mass is 32.1. The highest BCUT2D eigenvalue weighted by molar-refractivity contribution is 7.13. The molecule has 0 unspecified atom stereocenters. The molecule has 4 rings (SSSR count). The Morgan fingerprint density at radius 2 is 1.86 bits per heavy atom. The van der Waals surface area contributed by atoms with Crippen LogP contribution >= 0.6 is 11.3 Å². The van der Waals surface area contributed by atoms with Gasteiger partial charge in [-0.3, -0.25) is 9.59 Å². The van der Waals surface area contributed by atoms with Gasteiger partial charge in [0.05, 0.1) is 5.69 Å². The second-order valence-corrected chi connectivity index (χ2v) is 7.44. The van der Waals surface area contributed by atoms with Crippen molar-refractivity contribution >= 4 is 23.2 Å². The molecule has 6 heteroatoms. The molecule has 2 N–H and O–H groups in total. The van der Waals surface area contributed by atoms with Crippen LogP contribution in [0, 0.1) is 5.92 Å². The molecule has 1 atom stereocenters. The Morgan fingerprint density at radius 3 is 2.57 bits per heavy atom. The number of amides is 2. The zero-order valence-electron chi connectivity index (χ0n) is 11.9. The van der Waals surface area contributed by atoms with Gasteiger partial charge in [0.25, 0.3) is 5.91 Å². The molecule has 0 radical (unpaired) electrons. The van der Waals surface area contributed by atoms with Gasteiger partial charge in [-0.05, 0) is 38.5 Å². The van der Waals surface area contributed by atoms with E-state index in [1.165, 1.54) is 16.2 Å². The number of thiazole rings is 1. The molecular formula is C15H19N3O2S. The molecule has 21 heavy (non-hydrogen) atoms. The monoisotopic (exact) mass is 305 g/mol. The number of carbonyl (C=O) groups is 2. The first-order valence-electron chi connectivity index (χ1n) is 7.79. The maximum Gasteiger partial charge on any atom is 0.280 e. The van der Waals surface area contributed by atoms with E-state index in [0.29, 0.717) is 11.0 Å². The van der Waals surface area contributed by atoms with Crippen molar-refractivity contribution in [3.05, 3.63) is 15.6 Å². The predicted octanol–water partition coefficient (Wildman–Crippen LogP) is 1.42. The lowest BCUT2D eigenvalue weighted by molar-refractivity contribution is -0.123. The van der Waals surface area contributed by atoms with E-state index >= 15 is 0 Å². The lowest BCUT2D eigenvalue weighted by Crippen LogP contribution is -2.39. The van der Waals surface area contributed by atoms with Gasteiger partial charge in [0.2, 0.25) is 5.91 Å². The standard InChI is InChI=1S/C15H19N3O2S/c19-13(8-1-2-8)17-10-5-6-11-12(7-10)21-15(18-11)14(20)16-9-3-4-9/h8-10H,1-7H2,(H,16,20)(H,17,19)/t10-/m0/s1. The van der Waals surface area contributed by atoms with Gasteiger partial charge >= 0.3 is 0 Å². The second kappa shape index (κ2) is 5.09. The first-order valence-corrected chi connectivity index (χ1v) is 8.60. The smallest absolute Gasteiger partial charge is 0.280 e. The van der Waals surface area contributed by atoms with Gasteiger partial charge in [-0.1, -0.05) is 0 Å². The van der Waals surface area contributed by atoms with Crippen molar-refractivity contribution in [2.45, 2.75) is 57.0 Å². The molecule has 2 saturated carbocycles. The number of carbonyl (C=O) groups excluding carboxylic acids is 2. The summed E-state index contributed by atoms with van der Waals surface area (Å²) >= 11 is 1.49. The van der Waals surface area contributed by atoms with Crippen LogP contribution in [0.4, 0.5) is 0 Å². The highest BCUT2D eigenvalue weighted by Gasteiger charge is 2.33. The van der Waals surface area contributed by atoms with Gasteiger partial charge in [-0.25, -0.2) is 4.98 Å². The van der Waals surface area contributed by atoms with Crippen LogP contribution in [0.5, 0.6) is 0 Å². The number of aryl methyl sites for hydroxylation is 1. The van der Waals surface area contributed by atoms with Crippen molar-refractivity contribution in [1.29, 1.82) is 0 Å². The Bertz CT molecular complexity index is 590. The third-order valence-electron chi connectivity index (χ3n) is 4.34. The molecule has 2 fully saturated rings. The minimum atomic E-state index is -0.0320. The summed E-state index contributed by atoms with van der Waals surface area (Å²) in [4.78, 5) is 29.5. The van der Waals surface area contributed by atoms with Crippen LogP contribution in [0.25, 0.3) is 0 Å². The summed E-state index contributed by atoms with van der Waals surface area (Å²) < 4.78 is 0. The van der Waals surface area contributed by atoms with Crippen molar-refractivity contribution < 1.29 is 9.59 Å². The van der Waals surface area contributed by atoms with Crippen molar-refractivity contribution in [2.24, 2.45) is 5.92 Å². The van der Waals surface area contributed by atoms with E-state index in [0.717, 1.165) is 50.6 Å². The molecule has 0 bridgehead atoms. The van der Waals surface area contributed by atoms with E-state index < -0.39 is 0 Å². The fourth-order valence-corrected chi connectivity index (χ4v) is 3.83. The molecule has 3 aliphatic carbocycles. The summed E-state index contributed by atoms with van der Waals surface area (Å²) in [5, 5.41) is 6.71. The normalized spacial score (nSPS) is 24.3. The van der Waals surface area contributed by atoms with E-state index in [4.69, 9.17) is 0 Å². The van der Waals surface area contributed by atoms with Crippen molar-refractivity contribution in [1.82, 2.24) is 15.6 Å². The Morgan fingerprint density at radius 1 is 1.05 bits per heavy atom. The minimum absolute atomic E-state index is 0.0320. The zero-order chi connectivity index (χ0) is 14.4. The third-order valence-corrected chi connectivity index (χ3v) is 5.46. The maximum atomic E-state index is 12.0. The summed E-state index contributed by atoms with van der Waals surface area (Å²) in [6.45, 7) is 0.